The molecule has 0 radical (unpaired) electrons. The fourth-order valence-electron chi connectivity index (χ4n) is 3.90. The van der Waals surface area contributed by atoms with E-state index in [1.807, 2.05) is 6.92 Å². The van der Waals surface area contributed by atoms with E-state index in [2.05, 4.69) is 4.90 Å². The second-order valence-electron chi connectivity index (χ2n) is 6.61. The van der Waals surface area contributed by atoms with Crippen molar-refractivity contribution in [2.45, 2.75) is 51.1 Å². The van der Waals surface area contributed by atoms with Crippen LogP contribution < -0.4 is 9.64 Å². The molecule has 0 spiro atoms. The van der Waals surface area contributed by atoms with Crippen LogP contribution in [0.5, 0.6) is 5.75 Å². The zero-order chi connectivity index (χ0) is 17.8. The van der Waals surface area contributed by atoms with Crippen LogP contribution in [0.3, 0.4) is 0 Å². The van der Waals surface area contributed by atoms with E-state index >= 15 is 0 Å². The lowest BCUT2D eigenvalue weighted by molar-refractivity contribution is -0.123. The van der Waals surface area contributed by atoms with Crippen molar-refractivity contribution in [3.05, 3.63) is 24.3 Å². The number of rotatable bonds is 6. The van der Waals surface area contributed by atoms with E-state index in [1.165, 1.54) is 4.90 Å². The molecule has 6 heteroatoms. The summed E-state index contributed by atoms with van der Waals surface area (Å²) in [5, 5.41) is 9.30. The maximum absolute atomic E-state index is 12.9. The van der Waals surface area contributed by atoms with Crippen LogP contribution in [0.25, 0.3) is 0 Å². The second kappa shape index (κ2) is 7.97. The summed E-state index contributed by atoms with van der Waals surface area (Å²) in [6, 6.07) is 6.84. The largest absolute Gasteiger partial charge is 0.494 e. The first-order chi connectivity index (χ1) is 12.2. The molecule has 0 saturated carbocycles. The zero-order valence-corrected chi connectivity index (χ0v) is 14.7. The minimum atomic E-state index is -0.407. The summed E-state index contributed by atoms with van der Waals surface area (Å²) >= 11 is 0. The molecule has 2 fully saturated rings. The Kier molecular flexibility index (Phi) is 5.71. The summed E-state index contributed by atoms with van der Waals surface area (Å²) in [6.45, 7) is 3.40. The molecule has 136 valence electrons. The summed E-state index contributed by atoms with van der Waals surface area (Å²) in [6.07, 6.45) is 3.98. The maximum Gasteiger partial charge on any atom is 0.251 e. The molecule has 0 unspecified atom stereocenters. The quantitative estimate of drug-likeness (QED) is 0.798. The van der Waals surface area contributed by atoms with Crippen LogP contribution in [-0.4, -0.2) is 53.7 Å². The molecule has 1 aromatic rings. The van der Waals surface area contributed by atoms with E-state index in [0.717, 1.165) is 31.6 Å². The van der Waals surface area contributed by atoms with E-state index in [-0.39, 0.29) is 30.9 Å². The van der Waals surface area contributed by atoms with Gasteiger partial charge in [0.2, 0.25) is 5.91 Å². The van der Waals surface area contributed by atoms with Crippen molar-refractivity contribution < 1.29 is 19.4 Å². The standard InChI is InChI=1S/C19H26N2O4/c1-2-25-16-8-6-15(7-9-16)21-18(23)13-17(19(21)24)20-11-4-3-5-14(20)10-12-22/h6-9,14,17,22H,2-5,10-13H2,1H3/t14-,17+/m1/s1. The van der Waals surface area contributed by atoms with Gasteiger partial charge in [-0.25, -0.2) is 4.90 Å². The van der Waals surface area contributed by atoms with Crippen LogP contribution in [0.1, 0.15) is 39.0 Å². The number of aliphatic hydroxyl groups is 1. The van der Waals surface area contributed by atoms with Gasteiger partial charge in [0.05, 0.1) is 24.8 Å². The van der Waals surface area contributed by atoms with Crippen molar-refractivity contribution in [3.63, 3.8) is 0 Å². The fourth-order valence-corrected chi connectivity index (χ4v) is 3.90. The number of aliphatic hydroxyl groups excluding tert-OH is 1. The van der Waals surface area contributed by atoms with Gasteiger partial charge in [0.15, 0.2) is 0 Å². The number of piperidine rings is 1. The maximum atomic E-state index is 12.9. The predicted molar refractivity (Wildman–Crippen MR) is 94.6 cm³/mol. The smallest absolute Gasteiger partial charge is 0.251 e. The van der Waals surface area contributed by atoms with E-state index in [0.29, 0.717) is 18.7 Å². The summed E-state index contributed by atoms with van der Waals surface area (Å²) in [5.41, 5.74) is 0.594. The molecule has 0 aromatic heterocycles. The SMILES string of the molecule is CCOc1ccc(N2C(=O)C[C@H](N3CCCC[C@@H]3CCO)C2=O)cc1. The van der Waals surface area contributed by atoms with Gasteiger partial charge in [-0.1, -0.05) is 6.42 Å². The molecular formula is C19H26N2O4. The normalized spacial score (nSPS) is 24.8. The highest BCUT2D eigenvalue weighted by Crippen LogP contribution is 2.31. The van der Waals surface area contributed by atoms with Crippen LogP contribution in [0.4, 0.5) is 5.69 Å². The van der Waals surface area contributed by atoms with Gasteiger partial charge in [0.1, 0.15) is 5.75 Å². The third kappa shape index (κ3) is 3.70. The lowest BCUT2D eigenvalue weighted by Gasteiger charge is -2.38. The third-order valence-corrected chi connectivity index (χ3v) is 5.06. The number of hydrogen-bond donors (Lipinski definition) is 1. The molecule has 2 amide bonds. The summed E-state index contributed by atoms with van der Waals surface area (Å²) in [7, 11) is 0. The Balaban J connectivity index is 1.77. The molecule has 1 aromatic carbocycles. The fraction of sp³-hybridized carbons (Fsp3) is 0.579. The Bertz CT molecular complexity index is 614. The van der Waals surface area contributed by atoms with Crippen molar-refractivity contribution in [3.8, 4) is 5.75 Å². The molecule has 0 aliphatic carbocycles. The number of likely N-dealkylation sites (tertiary alicyclic amines) is 1. The Morgan fingerprint density at radius 3 is 2.64 bits per heavy atom. The number of carbonyl (C=O) groups is 2. The number of nitrogens with zero attached hydrogens (tertiary/aromatic N) is 2. The number of ether oxygens (including phenoxy) is 1. The van der Waals surface area contributed by atoms with E-state index in [4.69, 9.17) is 4.74 Å². The first-order valence-corrected chi connectivity index (χ1v) is 9.12. The number of amides is 2. The van der Waals surface area contributed by atoms with Crippen molar-refractivity contribution in [1.29, 1.82) is 0 Å². The van der Waals surface area contributed by atoms with Crippen LogP contribution in [0.15, 0.2) is 24.3 Å². The molecule has 2 atom stereocenters. The van der Waals surface area contributed by atoms with Crippen molar-refractivity contribution in [2.75, 3.05) is 24.7 Å². The molecular weight excluding hydrogens is 320 g/mol. The van der Waals surface area contributed by atoms with Gasteiger partial charge in [0, 0.05) is 12.6 Å². The van der Waals surface area contributed by atoms with Crippen LogP contribution in [-0.2, 0) is 9.59 Å². The highest BCUT2D eigenvalue weighted by molar-refractivity contribution is 6.22. The highest BCUT2D eigenvalue weighted by Gasteiger charge is 2.44. The van der Waals surface area contributed by atoms with Gasteiger partial charge >= 0.3 is 0 Å². The topological polar surface area (TPSA) is 70.1 Å². The monoisotopic (exact) mass is 346 g/mol. The number of imide groups is 1. The molecule has 25 heavy (non-hydrogen) atoms. The van der Waals surface area contributed by atoms with Gasteiger partial charge < -0.3 is 9.84 Å². The minimum absolute atomic E-state index is 0.110. The zero-order valence-electron chi connectivity index (χ0n) is 14.7. The highest BCUT2D eigenvalue weighted by atomic mass is 16.5. The van der Waals surface area contributed by atoms with Crippen molar-refractivity contribution in [1.82, 2.24) is 4.90 Å². The van der Waals surface area contributed by atoms with Crippen LogP contribution in [0, 0.1) is 0 Å². The Morgan fingerprint density at radius 1 is 1.20 bits per heavy atom. The van der Waals surface area contributed by atoms with E-state index in [9.17, 15) is 14.7 Å². The average molecular weight is 346 g/mol. The van der Waals surface area contributed by atoms with Crippen LogP contribution in [0.2, 0.25) is 0 Å². The Morgan fingerprint density at radius 2 is 1.96 bits per heavy atom. The molecule has 2 aliphatic heterocycles. The Hall–Kier alpha value is -1.92. The number of anilines is 1. The first kappa shape index (κ1) is 17.9. The summed E-state index contributed by atoms with van der Waals surface area (Å²) < 4.78 is 5.41. The van der Waals surface area contributed by atoms with E-state index < -0.39 is 6.04 Å². The first-order valence-electron chi connectivity index (χ1n) is 9.12. The van der Waals surface area contributed by atoms with Crippen LogP contribution >= 0.6 is 0 Å². The van der Waals surface area contributed by atoms with Crippen molar-refractivity contribution >= 4 is 17.5 Å². The average Bonchev–Trinajstić information content (AvgIpc) is 2.91. The molecule has 2 saturated heterocycles. The van der Waals surface area contributed by atoms with Crippen molar-refractivity contribution in [2.24, 2.45) is 0 Å². The van der Waals surface area contributed by atoms with Gasteiger partial charge in [-0.2, -0.15) is 0 Å². The molecule has 1 N–H and O–H groups in total. The van der Waals surface area contributed by atoms with Gasteiger partial charge in [0.25, 0.3) is 5.91 Å². The number of benzene rings is 1. The Labute approximate surface area is 148 Å². The molecule has 0 bridgehead atoms. The third-order valence-electron chi connectivity index (χ3n) is 5.06. The molecule has 2 heterocycles. The molecule has 2 aliphatic rings. The van der Waals surface area contributed by atoms with Gasteiger partial charge in [-0.3, -0.25) is 14.5 Å². The molecule has 3 rings (SSSR count). The van der Waals surface area contributed by atoms with Gasteiger partial charge in [-0.15, -0.1) is 0 Å². The number of hydrogen-bond acceptors (Lipinski definition) is 5. The predicted octanol–water partition coefficient (Wildman–Crippen LogP) is 1.95. The van der Waals surface area contributed by atoms with E-state index in [1.54, 1.807) is 24.3 Å². The minimum Gasteiger partial charge on any atom is -0.494 e. The van der Waals surface area contributed by atoms with Gasteiger partial charge in [-0.05, 0) is 57.0 Å². The lowest BCUT2D eigenvalue weighted by Crippen LogP contribution is -2.50. The lowest BCUT2D eigenvalue weighted by atomic mass is 9.97. The number of carbonyl (C=O) groups excluding carboxylic acids is 2. The second-order valence-corrected chi connectivity index (χ2v) is 6.61. The summed E-state index contributed by atoms with van der Waals surface area (Å²) in [5.74, 6) is 0.410. The summed E-state index contributed by atoms with van der Waals surface area (Å²) in [4.78, 5) is 28.9. The molecule has 6 nitrogen and oxygen atoms in total.